The Labute approximate surface area is 132 Å². The lowest BCUT2D eigenvalue weighted by molar-refractivity contribution is -0.133. The molecule has 1 aliphatic heterocycles. The van der Waals surface area contributed by atoms with E-state index in [-0.39, 0.29) is 18.1 Å². The van der Waals surface area contributed by atoms with Crippen LogP contribution in [0.1, 0.15) is 19.3 Å². The minimum absolute atomic E-state index is 0.0533. The molecule has 22 heavy (non-hydrogen) atoms. The number of nitrogens with two attached hydrogens (primary N) is 1. The van der Waals surface area contributed by atoms with Gasteiger partial charge in [0.25, 0.3) is 5.56 Å². The van der Waals surface area contributed by atoms with Crippen LogP contribution in [0.25, 0.3) is 10.6 Å². The molecule has 1 amide bonds. The maximum atomic E-state index is 12.3. The van der Waals surface area contributed by atoms with Crippen molar-refractivity contribution in [2.75, 3.05) is 18.8 Å². The Morgan fingerprint density at radius 1 is 1.32 bits per heavy atom. The zero-order valence-electron chi connectivity index (χ0n) is 12.2. The fraction of sp³-hybridized carbons (Fsp3) is 0.400. The van der Waals surface area contributed by atoms with E-state index in [1.165, 1.54) is 16.0 Å². The van der Waals surface area contributed by atoms with Crippen LogP contribution < -0.4 is 11.3 Å². The van der Waals surface area contributed by atoms with E-state index in [0.717, 1.165) is 37.2 Å². The molecule has 3 heterocycles. The van der Waals surface area contributed by atoms with E-state index in [0.29, 0.717) is 5.69 Å². The number of nitrogens with zero attached hydrogens (tertiary/aromatic N) is 3. The molecular weight excluding hydrogens is 300 g/mol. The molecule has 0 spiro atoms. The quantitative estimate of drug-likeness (QED) is 0.931. The van der Waals surface area contributed by atoms with Crippen LogP contribution in [-0.2, 0) is 11.3 Å². The molecule has 7 heteroatoms. The molecule has 0 aromatic carbocycles. The van der Waals surface area contributed by atoms with Gasteiger partial charge in [-0.15, -0.1) is 11.3 Å². The van der Waals surface area contributed by atoms with Crippen molar-refractivity contribution in [1.29, 1.82) is 0 Å². The summed E-state index contributed by atoms with van der Waals surface area (Å²) in [5.74, 6) is -0.0722. The van der Waals surface area contributed by atoms with Gasteiger partial charge in [0.1, 0.15) is 17.9 Å². The molecule has 0 radical (unpaired) electrons. The number of aromatic nitrogens is 2. The van der Waals surface area contributed by atoms with E-state index >= 15 is 0 Å². The largest absolute Gasteiger partial charge is 0.394 e. The number of thiophene rings is 1. The summed E-state index contributed by atoms with van der Waals surface area (Å²) in [6, 6.07) is 5.38. The standard InChI is InChI=1S/C15H18N4O2S/c16-11-9-12(13-5-4-8-22-13)17-19(15(11)21)10-14(20)18-6-2-1-3-7-18/h4-5,8-9H,1-3,6-7,10,16H2. The molecule has 116 valence electrons. The van der Waals surface area contributed by atoms with Crippen LogP contribution in [0.4, 0.5) is 5.69 Å². The van der Waals surface area contributed by atoms with Crippen LogP contribution in [0, 0.1) is 0 Å². The highest BCUT2D eigenvalue weighted by molar-refractivity contribution is 7.13. The number of rotatable bonds is 3. The summed E-state index contributed by atoms with van der Waals surface area (Å²) in [5, 5.41) is 6.23. The minimum atomic E-state index is -0.411. The monoisotopic (exact) mass is 318 g/mol. The van der Waals surface area contributed by atoms with Crippen LogP contribution in [0.3, 0.4) is 0 Å². The van der Waals surface area contributed by atoms with Crippen molar-refractivity contribution >= 4 is 22.9 Å². The Morgan fingerprint density at radius 2 is 2.09 bits per heavy atom. The van der Waals surface area contributed by atoms with Gasteiger partial charge in [0.05, 0.1) is 4.88 Å². The molecule has 2 aromatic rings. The van der Waals surface area contributed by atoms with Gasteiger partial charge in [-0.3, -0.25) is 9.59 Å². The van der Waals surface area contributed by atoms with Gasteiger partial charge < -0.3 is 10.6 Å². The summed E-state index contributed by atoms with van der Waals surface area (Å²) in [6.07, 6.45) is 3.19. The number of hydrogen-bond donors (Lipinski definition) is 1. The topological polar surface area (TPSA) is 81.2 Å². The summed E-state index contributed by atoms with van der Waals surface area (Å²) in [7, 11) is 0. The summed E-state index contributed by atoms with van der Waals surface area (Å²) in [4.78, 5) is 27.2. The lowest BCUT2D eigenvalue weighted by atomic mass is 10.1. The van der Waals surface area contributed by atoms with Gasteiger partial charge in [-0.2, -0.15) is 5.10 Å². The summed E-state index contributed by atoms with van der Waals surface area (Å²) < 4.78 is 1.18. The molecule has 0 bridgehead atoms. The first kappa shape index (κ1) is 14.8. The molecule has 2 aromatic heterocycles. The van der Waals surface area contributed by atoms with Crippen molar-refractivity contribution in [3.63, 3.8) is 0 Å². The second kappa shape index (κ2) is 6.31. The van der Waals surface area contributed by atoms with Crippen LogP contribution >= 0.6 is 11.3 Å². The third kappa shape index (κ3) is 3.04. The number of nitrogen functional groups attached to an aromatic ring is 1. The fourth-order valence-corrected chi connectivity index (χ4v) is 3.27. The maximum Gasteiger partial charge on any atom is 0.290 e. The van der Waals surface area contributed by atoms with E-state index < -0.39 is 5.56 Å². The summed E-state index contributed by atoms with van der Waals surface area (Å²) >= 11 is 1.52. The second-order valence-corrected chi connectivity index (χ2v) is 6.31. The van der Waals surface area contributed by atoms with Crippen molar-refractivity contribution in [3.8, 4) is 10.6 Å². The second-order valence-electron chi connectivity index (χ2n) is 5.37. The molecule has 0 saturated carbocycles. The van der Waals surface area contributed by atoms with Crippen LogP contribution in [0.2, 0.25) is 0 Å². The van der Waals surface area contributed by atoms with Gasteiger partial charge in [0.15, 0.2) is 0 Å². The Bertz CT molecular complexity index is 718. The average Bonchev–Trinajstić information content (AvgIpc) is 3.07. The zero-order valence-corrected chi connectivity index (χ0v) is 13.0. The first-order valence-electron chi connectivity index (χ1n) is 7.34. The normalized spacial score (nSPS) is 15.0. The summed E-state index contributed by atoms with van der Waals surface area (Å²) in [5.41, 5.74) is 6.12. The predicted molar refractivity (Wildman–Crippen MR) is 86.7 cm³/mol. The molecule has 2 N–H and O–H groups in total. The van der Waals surface area contributed by atoms with Crippen molar-refractivity contribution in [2.45, 2.75) is 25.8 Å². The highest BCUT2D eigenvalue weighted by Crippen LogP contribution is 2.22. The third-order valence-electron chi connectivity index (χ3n) is 3.77. The average molecular weight is 318 g/mol. The zero-order chi connectivity index (χ0) is 15.5. The fourth-order valence-electron chi connectivity index (χ4n) is 2.59. The Kier molecular flexibility index (Phi) is 4.24. The number of amides is 1. The number of piperidine rings is 1. The van der Waals surface area contributed by atoms with E-state index in [9.17, 15) is 9.59 Å². The predicted octanol–water partition coefficient (Wildman–Crippen LogP) is 1.57. The molecule has 0 atom stereocenters. The lowest BCUT2D eigenvalue weighted by Crippen LogP contribution is -2.40. The van der Waals surface area contributed by atoms with Crippen LogP contribution in [-0.4, -0.2) is 33.7 Å². The molecule has 3 rings (SSSR count). The molecule has 6 nitrogen and oxygen atoms in total. The van der Waals surface area contributed by atoms with Crippen molar-refractivity contribution < 1.29 is 4.79 Å². The van der Waals surface area contributed by atoms with Gasteiger partial charge in [0.2, 0.25) is 5.91 Å². The Balaban J connectivity index is 1.86. The SMILES string of the molecule is Nc1cc(-c2cccs2)nn(CC(=O)N2CCCCC2)c1=O. The van der Waals surface area contributed by atoms with E-state index in [4.69, 9.17) is 5.73 Å². The smallest absolute Gasteiger partial charge is 0.290 e. The van der Waals surface area contributed by atoms with Crippen molar-refractivity contribution in [1.82, 2.24) is 14.7 Å². The first-order valence-corrected chi connectivity index (χ1v) is 8.22. The Hall–Kier alpha value is -2.15. The third-order valence-corrected chi connectivity index (χ3v) is 4.66. The lowest BCUT2D eigenvalue weighted by Gasteiger charge is -2.26. The highest BCUT2D eigenvalue weighted by Gasteiger charge is 2.18. The number of hydrogen-bond acceptors (Lipinski definition) is 5. The molecule has 0 unspecified atom stereocenters. The summed E-state index contributed by atoms with van der Waals surface area (Å²) in [6.45, 7) is 1.46. The highest BCUT2D eigenvalue weighted by atomic mass is 32.1. The molecular formula is C15H18N4O2S. The first-order chi connectivity index (χ1) is 10.6. The van der Waals surface area contributed by atoms with E-state index in [2.05, 4.69) is 5.10 Å². The molecule has 1 aliphatic rings. The minimum Gasteiger partial charge on any atom is -0.394 e. The number of carbonyl (C=O) groups is 1. The van der Waals surface area contributed by atoms with Gasteiger partial charge in [-0.05, 0) is 36.8 Å². The maximum absolute atomic E-state index is 12.3. The number of likely N-dealkylation sites (tertiary alicyclic amines) is 1. The Morgan fingerprint density at radius 3 is 2.77 bits per heavy atom. The van der Waals surface area contributed by atoms with Gasteiger partial charge in [-0.25, -0.2) is 4.68 Å². The molecule has 0 aliphatic carbocycles. The number of carbonyl (C=O) groups excluding carboxylic acids is 1. The van der Waals surface area contributed by atoms with E-state index in [1.54, 1.807) is 11.0 Å². The molecule has 1 fully saturated rings. The van der Waals surface area contributed by atoms with Crippen LogP contribution in [0.15, 0.2) is 28.4 Å². The van der Waals surface area contributed by atoms with Crippen molar-refractivity contribution in [2.24, 2.45) is 0 Å². The van der Waals surface area contributed by atoms with E-state index in [1.807, 2.05) is 17.5 Å². The molecule has 1 saturated heterocycles. The van der Waals surface area contributed by atoms with Crippen LogP contribution in [0.5, 0.6) is 0 Å². The number of anilines is 1. The van der Waals surface area contributed by atoms with Gasteiger partial charge in [-0.1, -0.05) is 6.07 Å². The van der Waals surface area contributed by atoms with Gasteiger partial charge >= 0.3 is 0 Å². The van der Waals surface area contributed by atoms with Crippen molar-refractivity contribution in [3.05, 3.63) is 33.9 Å². The van der Waals surface area contributed by atoms with Gasteiger partial charge in [0, 0.05) is 13.1 Å².